The normalized spacial score (nSPS) is 11.6. The van der Waals surface area contributed by atoms with Crippen molar-refractivity contribution in [1.29, 1.82) is 0 Å². The molecule has 1 N–H and O–H groups in total. The molecule has 0 amide bonds. The summed E-state index contributed by atoms with van der Waals surface area (Å²) >= 11 is 0. The van der Waals surface area contributed by atoms with Gasteiger partial charge in [0.05, 0.1) is 0 Å². The predicted molar refractivity (Wildman–Crippen MR) is 76.1 cm³/mol. The van der Waals surface area contributed by atoms with Crippen molar-refractivity contribution in [2.45, 2.75) is 32.6 Å². The minimum absolute atomic E-state index is 0.258. The van der Waals surface area contributed by atoms with E-state index in [0.29, 0.717) is 0 Å². The number of hydrogen-bond donors (Lipinski definition) is 1. The Balaban J connectivity index is 3.59. The maximum Gasteiger partial charge on any atom is 0.303 e. The van der Waals surface area contributed by atoms with Crippen LogP contribution in [0.5, 0.6) is 0 Å². The topological polar surface area (TPSA) is 37.3 Å². The Bertz CT molecular complexity index is 387. The highest BCUT2D eigenvalue weighted by Gasteiger charge is 1.93. The van der Waals surface area contributed by atoms with Gasteiger partial charge in [-0.1, -0.05) is 48.3 Å². The molecule has 96 valence electrons. The smallest absolute Gasteiger partial charge is 0.303 e. The van der Waals surface area contributed by atoms with Crippen LogP contribution in [0.2, 0.25) is 0 Å². The first-order valence-corrected chi connectivity index (χ1v) is 6.09. The zero-order valence-corrected chi connectivity index (χ0v) is 10.8. The minimum Gasteiger partial charge on any atom is -0.481 e. The highest BCUT2D eigenvalue weighted by Crippen LogP contribution is 2.00. The largest absolute Gasteiger partial charge is 0.481 e. The van der Waals surface area contributed by atoms with Gasteiger partial charge in [-0.3, -0.25) is 4.79 Å². The van der Waals surface area contributed by atoms with E-state index in [9.17, 15) is 4.79 Å². The van der Waals surface area contributed by atoms with Gasteiger partial charge in [-0.25, -0.2) is 0 Å². The number of hydrogen-bond acceptors (Lipinski definition) is 1. The summed E-state index contributed by atoms with van der Waals surface area (Å²) in [5, 5.41) is 8.44. The summed E-state index contributed by atoms with van der Waals surface area (Å²) in [6.45, 7) is 1.96. The SMILES string of the molecule is C/C=C/C=C/C#C/C=C/C=C/CCCCC(=O)O. The fourth-order valence-corrected chi connectivity index (χ4v) is 1.13. The van der Waals surface area contributed by atoms with E-state index in [1.54, 1.807) is 12.2 Å². The van der Waals surface area contributed by atoms with E-state index in [1.807, 2.05) is 43.4 Å². The first-order valence-electron chi connectivity index (χ1n) is 6.09. The molecule has 0 bridgehead atoms. The van der Waals surface area contributed by atoms with Gasteiger partial charge < -0.3 is 5.11 Å². The van der Waals surface area contributed by atoms with E-state index >= 15 is 0 Å². The lowest BCUT2D eigenvalue weighted by atomic mass is 10.2. The van der Waals surface area contributed by atoms with Crippen molar-refractivity contribution in [1.82, 2.24) is 0 Å². The van der Waals surface area contributed by atoms with Crippen LogP contribution in [-0.2, 0) is 4.79 Å². The standard InChI is InChI=1S/C16H20O2/c1-2-3-4-5-6-7-8-9-10-11-12-13-14-15-16(17)18/h2-5,8-11H,12-15H2,1H3,(H,17,18)/b3-2+,5-4+,9-8+,11-10+. The van der Waals surface area contributed by atoms with Crippen LogP contribution >= 0.6 is 0 Å². The van der Waals surface area contributed by atoms with Gasteiger partial charge in [0, 0.05) is 6.42 Å². The van der Waals surface area contributed by atoms with E-state index in [4.69, 9.17) is 5.11 Å². The van der Waals surface area contributed by atoms with Crippen molar-refractivity contribution in [2.24, 2.45) is 0 Å². The molecule has 0 aromatic rings. The molecule has 0 unspecified atom stereocenters. The first kappa shape index (κ1) is 16.0. The van der Waals surface area contributed by atoms with Crippen molar-refractivity contribution < 1.29 is 9.90 Å². The Hall–Kier alpha value is -2.01. The average molecular weight is 244 g/mol. The molecule has 0 rings (SSSR count). The summed E-state index contributed by atoms with van der Waals surface area (Å²) < 4.78 is 0. The summed E-state index contributed by atoms with van der Waals surface area (Å²) in [4.78, 5) is 10.2. The summed E-state index contributed by atoms with van der Waals surface area (Å²) in [7, 11) is 0. The van der Waals surface area contributed by atoms with Gasteiger partial charge in [0.15, 0.2) is 0 Å². The lowest BCUT2D eigenvalue weighted by Crippen LogP contribution is -1.92. The van der Waals surface area contributed by atoms with Gasteiger partial charge >= 0.3 is 5.97 Å². The molecule has 2 nitrogen and oxygen atoms in total. The summed E-state index contributed by atoms with van der Waals surface area (Å²) in [5.74, 6) is 5.04. The second kappa shape index (κ2) is 13.1. The molecule has 0 saturated carbocycles. The molecule has 18 heavy (non-hydrogen) atoms. The molecule has 0 aliphatic heterocycles. The quantitative estimate of drug-likeness (QED) is 0.419. The molecular weight excluding hydrogens is 224 g/mol. The van der Waals surface area contributed by atoms with E-state index in [2.05, 4.69) is 11.8 Å². The maximum atomic E-state index is 10.2. The van der Waals surface area contributed by atoms with Crippen molar-refractivity contribution in [3.05, 3.63) is 48.6 Å². The van der Waals surface area contributed by atoms with Crippen LogP contribution < -0.4 is 0 Å². The number of unbranched alkanes of at least 4 members (excludes halogenated alkanes) is 2. The molecular formula is C16H20O2. The van der Waals surface area contributed by atoms with Crippen molar-refractivity contribution in [2.75, 3.05) is 0 Å². The zero-order valence-electron chi connectivity index (χ0n) is 10.8. The van der Waals surface area contributed by atoms with Crippen molar-refractivity contribution >= 4 is 5.97 Å². The van der Waals surface area contributed by atoms with Gasteiger partial charge in [-0.05, 0) is 38.3 Å². The fourth-order valence-electron chi connectivity index (χ4n) is 1.13. The Morgan fingerprint density at radius 3 is 2.33 bits per heavy atom. The number of carboxylic acid groups (broad SMARTS) is 1. The second-order valence-corrected chi connectivity index (χ2v) is 3.60. The number of carboxylic acids is 1. The van der Waals surface area contributed by atoms with Crippen LogP contribution in [0, 0.1) is 11.8 Å². The Morgan fingerprint density at radius 2 is 1.72 bits per heavy atom. The third kappa shape index (κ3) is 14.0. The van der Waals surface area contributed by atoms with Crippen LogP contribution in [-0.4, -0.2) is 11.1 Å². The lowest BCUT2D eigenvalue weighted by Gasteiger charge is -1.91. The van der Waals surface area contributed by atoms with Gasteiger partial charge in [0.1, 0.15) is 0 Å². The van der Waals surface area contributed by atoms with E-state index in [1.165, 1.54) is 0 Å². The Kier molecular flexibility index (Phi) is 11.6. The van der Waals surface area contributed by atoms with Gasteiger partial charge in [-0.2, -0.15) is 0 Å². The molecule has 0 aromatic carbocycles. The third-order valence-electron chi connectivity index (χ3n) is 2.00. The Morgan fingerprint density at radius 1 is 1.06 bits per heavy atom. The average Bonchev–Trinajstić information content (AvgIpc) is 2.34. The number of carbonyl (C=O) groups is 1. The Labute approximate surface area is 109 Å². The first-order chi connectivity index (χ1) is 8.77. The van der Waals surface area contributed by atoms with Crippen LogP contribution in [0.1, 0.15) is 32.6 Å². The summed E-state index contributed by atoms with van der Waals surface area (Å²) in [6.07, 6.45) is 18.0. The lowest BCUT2D eigenvalue weighted by molar-refractivity contribution is -0.137. The van der Waals surface area contributed by atoms with Crippen molar-refractivity contribution in [3.8, 4) is 11.8 Å². The van der Waals surface area contributed by atoms with Crippen LogP contribution in [0.4, 0.5) is 0 Å². The monoisotopic (exact) mass is 244 g/mol. The minimum atomic E-state index is -0.722. The summed E-state index contributed by atoms with van der Waals surface area (Å²) in [5.41, 5.74) is 0. The van der Waals surface area contributed by atoms with Crippen LogP contribution in [0.3, 0.4) is 0 Å². The molecule has 0 heterocycles. The number of aliphatic carboxylic acids is 1. The molecule has 0 radical (unpaired) electrons. The highest BCUT2D eigenvalue weighted by atomic mass is 16.4. The third-order valence-corrected chi connectivity index (χ3v) is 2.00. The maximum absolute atomic E-state index is 10.2. The van der Waals surface area contributed by atoms with Gasteiger partial charge in [0.25, 0.3) is 0 Å². The number of allylic oxidation sites excluding steroid dienone is 8. The molecule has 0 aliphatic carbocycles. The van der Waals surface area contributed by atoms with E-state index in [0.717, 1.165) is 19.3 Å². The molecule has 0 saturated heterocycles. The van der Waals surface area contributed by atoms with Gasteiger partial charge in [-0.15, -0.1) is 0 Å². The van der Waals surface area contributed by atoms with E-state index in [-0.39, 0.29) is 6.42 Å². The molecule has 0 atom stereocenters. The fraction of sp³-hybridized carbons (Fsp3) is 0.312. The second-order valence-electron chi connectivity index (χ2n) is 3.60. The summed E-state index contributed by atoms with van der Waals surface area (Å²) in [6, 6.07) is 0. The highest BCUT2D eigenvalue weighted by molar-refractivity contribution is 5.66. The molecule has 2 heteroatoms. The molecule has 0 spiro atoms. The van der Waals surface area contributed by atoms with Crippen LogP contribution in [0.15, 0.2) is 48.6 Å². The predicted octanol–water partition coefficient (Wildman–Crippen LogP) is 3.88. The van der Waals surface area contributed by atoms with Gasteiger partial charge in [0.2, 0.25) is 0 Å². The zero-order chi connectivity index (χ0) is 13.5. The molecule has 0 fully saturated rings. The molecule has 0 aliphatic rings. The molecule has 0 aromatic heterocycles. The van der Waals surface area contributed by atoms with Crippen LogP contribution in [0.25, 0.3) is 0 Å². The number of rotatable bonds is 7. The van der Waals surface area contributed by atoms with E-state index < -0.39 is 5.97 Å². The van der Waals surface area contributed by atoms with Crippen molar-refractivity contribution in [3.63, 3.8) is 0 Å².